The van der Waals surface area contributed by atoms with Gasteiger partial charge in [0.2, 0.25) is 0 Å². The maximum atomic E-state index is 12.4. The summed E-state index contributed by atoms with van der Waals surface area (Å²) in [7, 11) is 0. The van der Waals surface area contributed by atoms with E-state index in [9.17, 15) is 4.79 Å². The van der Waals surface area contributed by atoms with Crippen LogP contribution in [0.3, 0.4) is 0 Å². The molecule has 1 aliphatic heterocycles. The number of hydrogen-bond donors (Lipinski definition) is 2. The van der Waals surface area contributed by atoms with E-state index >= 15 is 0 Å². The highest BCUT2D eigenvalue weighted by Crippen LogP contribution is 2.29. The second-order valence-corrected chi connectivity index (χ2v) is 8.15. The van der Waals surface area contributed by atoms with Crippen molar-refractivity contribution in [1.82, 2.24) is 15.6 Å². The summed E-state index contributed by atoms with van der Waals surface area (Å²) in [4.78, 5) is 18.9. The average Bonchev–Trinajstić information content (AvgIpc) is 3.03. The van der Waals surface area contributed by atoms with Crippen molar-refractivity contribution >= 4 is 11.7 Å². The van der Waals surface area contributed by atoms with Crippen LogP contribution in [0.5, 0.6) is 0 Å². The number of fused-ring (bicyclic) bond motifs is 1. The Labute approximate surface area is 161 Å². The van der Waals surface area contributed by atoms with Gasteiger partial charge in [0, 0.05) is 43.3 Å². The lowest BCUT2D eigenvalue weighted by atomic mass is 9.96. The normalized spacial score (nSPS) is 18.8. The zero-order valence-corrected chi connectivity index (χ0v) is 15.9. The van der Waals surface area contributed by atoms with E-state index in [4.69, 9.17) is 0 Å². The number of hydrogen-bond acceptors (Lipinski definition) is 3. The molecule has 0 bridgehead atoms. The molecule has 1 aliphatic carbocycles. The molecule has 1 aromatic heterocycles. The molecule has 5 nitrogen and oxygen atoms in total. The molecule has 0 saturated carbocycles. The number of urea groups is 1. The van der Waals surface area contributed by atoms with Gasteiger partial charge in [0.05, 0.1) is 0 Å². The summed E-state index contributed by atoms with van der Waals surface area (Å²) in [5, 5.41) is 6.32. The van der Waals surface area contributed by atoms with Gasteiger partial charge in [0.1, 0.15) is 0 Å². The average molecular weight is 364 g/mol. The molecule has 142 valence electrons. The molecule has 1 fully saturated rings. The van der Waals surface area contributed by atoms with Crippen LogP contribution in [0.1, 0.15) is 30.9 Å². The second kappa shape index (κ2) is 7.59. The topological polar surface area (TPSA) is 57.3 Å². The van der Waals surface area contributed by atoms with E-state index in [1.165, 1.54) is 16.8 Å². The first-order valence-corrected chi connectivity index (χ1v) is 9.89. The molecular weight excluding hydrogens is 336 g/mol. The van der Waals surface area contributed by atoms with E-state index in [2.05, 4.69) is 63.8 Å². The van der Waals surface area contributed by atoms with Gasteiger partial charge in [-0.3, -0.25) is 4.98 Å². The van der Waals surface area contributed by atoms with Crippen LogP contribution in [0.2, 0.25) is 0 Å². The molecule has 0 atom stereocenters. The SMILES string of the molecule is CC1(NC(=O)NCC2CCN(c3ccncc3)CC2)Cc2ccccc2C1. The molecule has 2 amide bonds. The maximum absolute atomic E-state index is 12.4. The Morgan fingerprint density at radius 1 is 1.11 bits per heavy atom. The number of aromatic nitrogens is 1. The lowest BCUT2D eigenvalue weighted by Gasteiger charge is -2.34. The van der Waals surface area contributed by atoms with Crippen molar-refractivity contribution in [2.24, 2.45) is 5.92 Å². The number of rotatable bonds is 4. The van der Waals surface area contributed by atoms with E-state index < -0.39 is 0 Å². The summed E-state index contributed by atoms with van der Waals surface area (Å²) >= 11 is 0. The quantitative estimate of drug-likeness (QED) is 0.876. The van der Waals surface area contributed by atoms with Gasteiger partial charge in [-0.15, -0.1) is 0 Å². The first-order chi connectivity index (χ1) is 13.1. The number of nitrogens with zero attached hydrogens (tertiary/aromatic N) is 2. The largest absolute Gasteiger partial charge is 0.371 e. The minimum Gasteiger partial charge on any atom is -0.371 e. The van der Waals surface area contributed by atoms with Crippen molar-refractivity contribution in [2.45, 2.75) is 38.1 Å². The van der Waals surface area contributed by atoms with Crippen molar-refractivity contribution in [3.8, 4) is 0 Å². The predicted octanol–water partition coefficient (Wildman–Crippen LogP) is 3.15. The molecule has 0 radical (unpaired) electrons. The number of benzene rings is 1. The summed E-state index contributed by atoms with van der Waals surface area (Å²) in [6, 6.07) is 12.6. The van der Waals surface area contributed by atoms with Crippen LogP contribution in [0.25, 0.3) is 0 Å². The van der Waals surface area contributed by atoms with E-state index in [0.717, 1.165) is 45.3 Å². The van der Waals surface area contributed by atoms with Crippen LogP contribution < -0.4 is 15.5 Å². The highest BCUT2D eigenvalue weighted by molar-refractivity contribution is 5.75. The van der Waals surface area contributed by atoms with Crippen molar-refractivity contribution in [3.05, 3.63) is 59.9 Å². The van der Waals surface area contributed by atoms with E-state index in [1.807, 2.05) is 12.4 Å². The first-order valence-electron chi connectivity index (χ1n) is 9.89. The molecule has 2 aromatic rings. The van der Waals surface area contributed by atoms with Gasteiger partial charge in [-0.25, -0.2) is 4.79 Å². The van der Waals surface area contributed by atoms with Crippen LogP contribution in [-0.4, -0.2) is 36.2 Å². The van der Waals surface area contributed by atoms with Crippen molar-refractivity contribution in [1.29, 1.82) is 0 Å². The van der Waals surface area contributed by atoms with Gasteiger partial charge in [-0.1, -0.05) is 24.3 Å². The number of carbonyl (C=O) groups excluding carboxylic acids is 1. The fourth-order valence-electron chi connectivity index (χ4n) is 4.40. The van der Waals surface area contributed by atoms with Crippen LogP contribution >= 0.6 is 0 Å². The summed E-state index contributed by atoms with van der Waals surface area (Å²) in [6.07, 6.45) is 7.70. The monoisotopic (exact) mass is 364 g/mol. The highest BCUT2D eigenvalue weighted by Gasteiger charge is 2.34. The first kappa shape index (κ1) is 17.8. The summed E-state index contributed by atoms with van der Waals surface area (Å²) in [5.41, 5.74) is 3.76. The van der Waals surface area contributed by atoms with Crippen LogP contribution in [-0.2, 0) is 12.8 Å². The fraction of sp³-hybridized carbons (Fsp3) is 0.455. The lowest BCUT2D eigenvalue weighted by Crippen LogP contribution is -2.52. The molecule has 2 heterocycles. The van der Waals surface area contributed by atoms with Crippen molar-refractivity contribution < 1.29 is 4.79 Å². The van der Waals surface area contributed by atoms with Crippen molar-refractivity contribution in [3.63, 3.8) is 0 Å². The van der Waals surface area contributed by atoms with Gasteiger partial charge in [0.25, 0.3) is 0 Å². The Kier molecular flexibility index (Phi) is 5.01. The second-order valence-electron chi connectivity index (χ2n) is 8.15. The third-order valence-corrected chi connectivity index (χ3v) is 5.89. The third kappa shape index (κ3) is 4.24. The molecule has 0 unspecified atom stereocenters. The smallest absolute Gasteiger partial charge is 0.315 e. The molecule has 27 heavy (non-hydrogen) atoms. The van der Waals surface area contributed by atoms with Crippen LogP contribution in [0.4, 0.5) is 10.5 Å². The van der Waals surface area contributed by atoms with Gasteiger partial charge in [0.15, 0.2) is 0 Å². The molecule has 2 N–H and O–H groups in total. The summed E-state index contributed by atoms with van der Waals surface area (Å²) in [6.45, 7) is 4.95. The van der Waals surface area contributed by atoms with Gasteiger partial charge >= 0.3 is 6.03 Å². The van der Waals surface area contributed by atoms with Crippen LogP contribution in [0, 0.1) is 5.92 Å². The fourth-order valence-corrected chi connectivity index (χ4v) is 4.40. The Bertz CT molecular complexity index is 759. The predicted molar refractivity (Wildman–Crippen MR) is 108 cm³/mol. The van der Waals surface area contributed by atoms with Gasteiger partial charge < -0.3 is 15.5 Å². The van der Waals surface area contributed by atoms with Gasteiger partial charge in [-0.05, 0) is 61.8 Å². The Hall–Kier alpha value is -2.56. The number of pyridine rings is 1. The molecule has 5 heteroatoms. The summed E-state index contributed by atoms with van der Waals surface area (Å²) in [5.74, 6) is 0.544. The molecule has 2 aliphatic rings. The minimum absolute atomic E-state index is 0.0399. The molecular formula is C22H28N4O. The minimum atomic E-state index is -0.182. The number of piperidine rings is 1. The third-order valence-electron chi connectivity index (χ3n) is 5.89. The zero-order valence-electron chi connectivity index (χ0n) is 15.9. The highest BCUT2D eigenvalue weighted by atomic mass is 16.2. The van der Waals surface area contributed by atoms with E-state index in [1.54, 1.807) is 0 Å². The molecule has 4 rings (SSSR count). The number of carbonyl (C=O) groups is 1. The molecule has 0 spiro atoms. The Balaban J connectivity index is 1.22. The Morgan fingerprint density at radius 3 is 2.37 bits per heavy atom. The maximum Gasteiger partial charge on any atom is 0.315 e. The summed E-state index contributed by atoms with van der Waals surface area (Å²) < 4.78 is 0. The van der Waals surface area contributed by atoms with Crippen LogP contribution in [0.15, 0.2) is 48.8 Å². The van der Waals surface area contributed by atoms with Gasteiger partial charge in [-0.2, -0.15) is 0 Å². The number of amides is 2. The molecule has 1 aromatic carbocycles. The zero-order chi connectivity index (χ0) is 18.7. The lowest BCUT2D eigenvalue weighted by molar-refractivity contribution is 0.225. The standard InChI is InChI=1S/C22H28N4O/c1-22(14-18-4-2-3-5-19(18)15-22)25-21(27)24-16-17-8-12-26(13-9-17)20-6-10-23-11-7-20/h2-7,10-11,17H,8-9,12-16H2,1H3,(H2,24,25,27). The van der Waals surface area contributed by atoms with E-state index in [-0.39, 0.29) is 11.6 Å². The van der Waals surface area contributed by atoms with Crippen molar-refractivity contribution in [2.75, 3.05) is 24.5 Å². The number of nitrogens with one attached hydrogen (secondary N) is 2. The molecule has 1 saturated heterocycles. The number of anilines is 1. The van der Waals surface area contributed by atoms with E-state index in [0.29, 0.717) is 5.92 Å². The Morgan fingerprint density at radius 2 is 1.74 bits per heavy atom.